The Bertz CT molecular complexity index is 802. The molecular weight excluding hydrogens is 356 g/mol. The summed E-state index contributed by atoms with van der Waals surface area (Å²) in [6, 6.07) is 15.6. The van der Waals surface area contributed by atoms with Crippen LogP contribution in [0.1, 0.15) is 30.6 Å². The van der Waals surface area contributed by atoms with Crippen LogP contribution < -0.4 is 20.9 Å². The van der Waals surface area contributed by atoms with E-state index in [1.165, 1.54) is 0 Å². The number of hydrogen-bond donors (Lipinski definition) is 2. The van der Waals surface area contributed by atoms with Gasteiger partial charge in [-0.1, -0.05) is 18.2 Å². The Morgan fingerprint density at radius 1 is 1.11 bits per heavy atom. The fourth-order valence-corrected chi connectivity index (χ4v) is 3.32. The Hall–Kier alpha value is -2.90. The van der Waals surface area contributed by atoms with Crippen LogP contribution in [0.15, 0.2) is 54.6 Å². The van der Waals surface area contributed by atoms with E-state index in [0.29, 0.717) is 17.0 Å². The van der Waals surface area contributed by atoms with Crippen molar-refractivity contribution in [3.63, 3.8) is 0 Å². The predicted molar refractivity (Wildman–Crippen MR) is 108 cm³/mol. The van der Waals surface area contributed by atoms with Gasteiger partial charge in [0.25, 0.3) is 5.91 Å². The number of hydrogen-bond acceptors (Lipinski definition) is 5. The normalized spacial score (nSPS) is 16.1. The van der Waals surface area contributed by atoms with Crippen molar-refractivity contribution in [2.24, 2.45) is 5.84 Å². The molecule has 2 aromatic carbocycles. The number of para-hydroxylation sites is 1. The van der Waals surface area contributed by atoms with Crippen LogP contribution in [-0.2, 0) is 0 Å². The van der Waals surface area contributed by atoms with Crippen molar-refractivity contribution in [3.05, 3.63) is 60.2 Å². The summed E-state index contributed by atoms with van der Waals surface area (Å²) in [5.41, 5.74) is 1.01. The summed E-state index contributed by atoms with van der Waals surface area (Å²) in [6.07, 6.45) is 0.527. The number of nitrogens with zero attached hydrogens (tertiary/aromatic N) is 2. The van der Waals surface area contributed by atoms with E-state index in [4.69, 9.17) is 10.6 Å². The molecular formula is C21H26N4O3. The van der Waals surface area contributed by atoms with Gasteiger partial charge in [-0.2, -0.15) is 0 Å². The number of amides is 2. The highest BCUT2D eigenvalue weighted by atomic mass is 16.6. The number of anilines is 1. The van der Waals surface area contributed by atoms with Crippen molar-refractivity contribution in [3.8, 4) is 5.75 Å². The largest absolute Gasteiger partial charge is 0.415 e. The Morgan fingerprint density at radius 2 is 1.79 bits per heavy atom. The third kappa shape index (κ3) is 4.49. The van der Waals surface area contributed by atoms with E-state index < -0.39 is 0 Å². The lowest BCUT2D eigenvalue weighted by atomic mass is 10.2. The SMILES string of the molecule is CC(C)N(C(=O)Oc1ccc(C(=O)N(N)c2ccccc2)cc1)C1CCNC1. The Morgan fingerprint density at radius 3 is 2.36 bits per heavy atom. The monoisotopic (exact) mass is 382 g/mol. The lowest BCUT2D eigenvalue weighted by Crippen LogP contribution is -2.47. The van der Waals surface area contributed by atoms with Gasteiger partial charge in [0.1, 0.15) is 5.75 Å². The van der Waals surface area contributed by atoms with Crippen LogP contribution in [0.5, 0.6) is 5.75 Å². The van der Waals surface area contributed by atoms with E-state index in [2.05, 4.69) is 5.32 Å². The molecule has 7 heteroatoms. The molecule has 1 heterocycles. The second-order valence-electron chi connectivity index (χ2n) is 7.05. The molecule has 0 aromatic heterocycles. The highest BCUT2D eigenvalue weighted by molar-refractivity contribution is 6.05. The van der Waals surface area contributed by atoms with E-state index in [-0.39, 0.29) is 24.1 Å². The maximum atomic E-state index is 12.6. The van der Waals surface area contributed by atoms with Crippen LogP contribution in [0.4, 0.5) is 10.5 Å². The molecule has 0 aliphatic carbocycles. The number of nitrogens with one attached hydrogen (secondary N) is 1. The number of hydrazine groups is 1. The number of benzene rings is 2. The van der Waals surface area contributed by atoms with Crippen molar-refractivity contribution >= 4 is 17.7 Å². The molecule has 0 spiro atoms. The minimum atomic E-state index is -0.382. The molecule has 1 unspecified atom stereocenters. The predicted octanol–water partition coefficient (Wildman–Crippen LogP) is 2.78. The van der Waals surface area contributed by atoms with Crippen molar-refractivity contribution in [1.82, 2.24) is 10.2 Å². The maximum absolute atomic E-state index is 12.6. The number of carbonyl (C=O) groups is 2. The van der Waals surface area contributed by atoms with Gasteiger partial charge < -0.3 is 15.0 Å². The first-order valence-corrected chi connectivity index (χ1v) is 9.42. The minimum absolute atomic E-state index is 0.0370. The standard InChI is InChI=1S/C21H26N4O3/c1-15(2)24(18-12-13-23-14-18)21(27)28-19-10-8-16(9-11-19)20(26)25(22)17-6-4-3-5-7-17/h3-11,15,18,23H,12-14,22H2,1-2H3. The third-order valence-electron chi connectivity index (χ3n) is 4.75. The fourth-order valence-electron chi connectivity index (χ4n) is 3.32. The quantitative estimate of drug-likeness (QED) is 0.472. The fraction of sp³-hybridized carbons (Fsp3) is 0.333. The van der Waals surface area contributed by atoms with Crippen LogP contribution >= 0.6 is 0 Å². The Labute approximate surface area is 165 Å². The van der Waals surface area contributed by atoms with Gasteiger partial charge in [-0.15, -0.1) is 0 Å². The van der Waals surface area contributed by atoms with E-state index in [9.17, 15) is 9.59 Å². The molecule has 2 aromatic rings. The molecule has 148 valence electrons. The average molecular weight is 382 g/mol. The number of ether oxygens (including phenoxy) is 1. The summed E-state index contributed by atoms with van der Waals surface area (Å²) >= 11 is 0. The summed E-state index contributed by atoms with van der Waals surface area (Å²) < 4.78 is 5.53. The van der Waals surface area contributed by atoms with Crippen LogP contribution in [-0.4, -0.2) is 42.1 Å². The highest BCUT2D eigenvalue weighted by Crippen LogP contribution is 2.19. The zero-order valence-corrected chi connectivity index (χ0v) is 16.2. The molecule has 1 aliphatic rings. The molecule has 7 nitrogen and oxygen atoms in total. The molecule has 2 amide bonds. The van der Waals surface area contributed by atoms with Crippen molar-refractivity contribution < 1.29 is 14.3 Å². The molecule has 1 atom stereocenters. The van der Waals surface area contributed by atoms with Gasteiger partial charge >= 0.3 is 6.09 Å². The first-order valence-electron chi connectivity index (χ1n) is 9.42. The second-order valence-corrected chi connectivity index (χ2v) is 7.05. The van der Waals surface area contributed by atoms with Crippen molar-refractivity contribution in [2.45, 2.75) is 32.4 Å². The van der Waals surface area contributed by atoms with Gasteiger partial charge in [0.15, 0.2) is 0 Å². The summed E-state index contributed by atoms with van der Waals surface area (Å²) in [5.74, 6) is 5.97. The molecule has 1 saturated heterocycles. The van der Waals surface area contributed by atoms with Gasteiger partial charge in [0.2, 0.25) is 0 Å². The lowest BCUT2D eigenvalue weighted by molar-refractivity contribution is 0.0987. The third-order valence-corrected chi connectivity index (χ3v) is 4.75. The molecule has 0 saturated carbocycles. The van der Waals surface area contributed by atoms with Crippen molar-refractivity contribution in [1.29, 1.82) is 0 Å². The molecule has 3 N–H and O–H groups in total. The van der Waals surface area contributed by atoms with Gasteiger partial charge in [-0.05, 0) is 63.2 Å². The lowest BCUT2D eigenvalue weighted by Gasteiger charge is -2.31. The summed E-state index contributed by atoms with van der Waals surface area (Å²) in [5, 5.41) is 4.36. The first kappa shape index (κ1) is 19.9. The van der Waals surface area contributed by atoms with Gasteiger partial charge in [0, 0.05) is 24.2 Å². The molecule has 1 fully saturated rings. The zero-order chi connectivity index (χ0) is 20.1. The van der Waals surface area contributed by atoms with E-state index >= 15 is 0 Å². The summed E-state index contributed by atoms with van der Waals surface area (Å²) in [7, 11) is 0. The maximum Gasteiger partial charge on any atom is 0.415 e. The van der Waals surface area contributed by atoms with Gasteiger partial charge in [-0.25, -0.2) is 15.6 Å². The van der Waals surface area contributed by atoms with E-state index in [1.807, 2.05) is 32.0 Å². The first-order chi connectivity index (χ1) is 13.5. The molecule has 1 aliphatic heterocycles. The number of nitrogens with two attached hydrogens (primary N) is 1. The Balaban J connectivity index is 1.66. The summed E-state index contributed by atoms with van der Waals surface area (Å²) in [6.45, 7) is 5.61. The number of rotatable bonds is 5. The van der Waals surface area contributed by atoms with Crippen LogP contribution in [0, 0.1) is 0 Å². The van der Waals surface area contributed by atoms with E-state index in [1.54, 1.807) is 41.3 Å². The van der Waals surface area contributed by atoms with Crippen LogP contribution in [0.25, 0.3) is 0 Å². The molecule has 28 heavy (non-hydrogen) atoms. The number of carbonyl (C=O) groups excluding carboxylic acids is 2. The molecule has 0 bridgehead atoms. The zero-order valence-electron chi connectivity index (χ0n) is 16.2. The topological polar surface area (TPSA) is 87.9 Å². The van der Waals surface area contributed by atoms with Gasteiger partial charge in [-0.3, -0.25) is 4.79 Å². The average Bonchev–Trinajstić information content (AvgIpc) is 3.22. The second kappa shape index (κ2) is 8.86. The van der Waals surface area contributed by atoms with Crippen molar-refractivity contribution in [2.75, 3.05) is 18.1 Å². The molecule has 3 rings (SSSR count). The minimum Gasteiger partial charge on any atom is -0.410 e. The Kier molecular flexibility index (Phi) is 6.28. The highest BCUT2D eigenvalue weighted by Gasteiger charge is 2.30. The van der Waals surface area contributed by atoms with Crippen LogP contribution in [0.3, 0.4) is 0 Å². The smallest absolute Gasteiger partial charge is 0.410 e. The van der Waals surface area contributed by atoms with E-state index in [0.717, 1.165) is 24.5 Å². The van der Waals surface area contributed by atoms with Crippen LogP contribution in [0.2, 0.25) is 0 Å². The van der Waals surface area contributed by atoms with Gasteiger partial charge in [0.05, 0.1) is 5.69 Å². The molecule has 0 radical (unpaired) electrons. The summed E-state index contributed by atoms with van der Waals surface area (Å²) in [4.78, 5) is 26.9.